The van der Waals surface area contributed by atoms with Crippen molar-refractivity contribution in [3.8, 4) is 16.9 Å². The maximum atomic E-state index is 14.1. The van der Waals surface area contributed by atoms with Gasteiger partial charge in [0.25, 0.3) is 5.91 Å². The monoisotopic (exact) mass is 667 g/mol. The molecule has 6 nitrogen and oxygen atoms in total. The fourth-order valence-corrected chi connectivity index (χ4v) is 4.83. The van der Waals surface area contributed by atoms with E-state index < -0.39 is 17.7 Å². The van der Waals surface area contributed by atoms with Gasteiger partial charge in [-0.05, 0) is 66.7 Å². The summed E-state index contributed by atoms with van der Waals surface area (Å²) >= 11 is 13.2. The fourth-order valence-electron chi connectivity index (χ4n) is 3.95. The number of carbonyl (C=O) groups is 2. The standard InChI is InChI=1S/C29H17Br2ClFN3O3/c30-18-7-5-16(6-8-18)29(38)39-25-12-9-19(31)13-17(25)15-34-36-28(37)27-26(21-3-1-2-4-23(21)32)22-14-20(33)10-11-24(22)35-27/h1-15,35H,(H,36,37). The first kappa shape index (κ1) is 26.8. The quantitative estimate of drug-likeness (QED) is 0.0829. The van der Waals surface area contributed by atoms with E-state index in [1.165, 1.54) is 18.3 Å². The minimum absolute atomic E-state index is 0.164. The number of esters is 1. The highest BCUT2D eigenvalue weighted by atomic mass is 79.9. The molecular weight excluding hydrogens is 653 g/mol. The van der Waals surface area contributed by atoms with Crippen LogP contribution >= 0.6 is 43.5 Å². The first-order chi connectivity index (χ1) is 18.8. The summed E-state index contributed by atoms with van der Waals surface area (Å²) < 4.78 is 21.2. The lowest BCUT2D eigenvalue weighted by molar-refractivity contribution is 0.0734. The van der Waals surface area contributed by atoms with Crippen molar-refractivity contribution in [1.29, 1.82) is 0 Å². The zero-order valence-corrected chi connectivity index (χ0v) is 23.8. The van der Waals surface area contributed by atoms with Gasteiger partial charge in [0, 0.05) is 41.6 Å². The second-order valence-electron chi connectivity index (χ2n) is 8.32. The minimum Gasteiger partial charge on any atom is -0.422 e. The van der Waals surface area contributed by atoms with E-state index in [0.29, 0.717) is 38.2 Å². The van der Waals surface area contributed by atoms with Crippen LogP contribution in [0.2, 0.25) is 5.02 Å². The molecular formula is C29H17Br2ClFN3O3. The van der Waals surface area contributed by atoms with Crippen molar-refractivity contribution in [3.63, 3.8) is 0 Å². The van der Waals surface area contributed by atoms with Crippen LogP contribution in [-0.2, 0) is 0 Å². The van der Waals surface area contributed by atoms with Crippen molar-refractivity contribution in [1.82, 2.24) is 10.4 Å². The molecule has 0 unspecified atom stereocenters. The Hall–Kier alpha value is -3.79. The Morgan fingerprint density at radius 3 is 2.46 bits per heavy atom. The molecule has 0 saturated heterocycles. The number of benzene rings is 4. The summed E-state index contributed by atoms with van der Waals surface area (Å²) in [7, 11) is 0. The normalized spacial score (nSPS) is 11.2. The van der Waals surface area contributed by atoms with E-state index >= 15 is 0 Å². The van der Waals surface area contributed by atoms with E-state index in [1.807, 2.05) is 0 Å². The first-order valence-corrected chi connectivity index (χ1v) is 13.4. The third-order valence-electron chi connectivity index (χ3n) is 5.76. The lowest BCUT2D eigenvalue weighted by atomic mass is 10.0. The van der Waals surface area contributed by atoms with E-state index in [9.17, 15) is 14.0 Å². The zero-order valence-electron chi connectivity index (χ0n) is 19.8. The molecule has 0 aliphatic rings. The fraction of sp³-hybridized carbons (Fsp3) is 0. The number of hydrazone groups is 1. The molecule has 0 aliphatic heterocycles. The highest BCUT2D eigenvalue weighted by Crippen LogP contribution is 2.37. The molecule has 1 heterocycles. The van der Waals surface area contributed by atoms with Crippen LogP contribution in [0.25, 0.3) is 22.0 Å². The highest BCUT2D eigenvalue weighted by molar-refractivity contribution is 9.10. The molecule has 0 atom stereocenters. The number of nitrogens with one attached hydrogen (secondary N) is 2. The van der Waals surface area contributed by atoms with Gasteiger partial charge in [-0.2, -0.15) is 5.10 Å². The number of hydrogen-bond acceptors (Lipinski definition) is 4. The molecule has 0 saturated carbocycles. The Bertz CT molecular complexity index is 1750. The lowest BCUT2D eigenvalue weighted by Crippen LogP contribution is -2.19. The number of amides is 1. The molecule has 2 N–H and O–H groups in total. The number of halogens is 4. The number of H-pyrrole nitrogens is 1. The summed E-state index contributed by atoms with van der Waals surface area (Å²) in [5, 5.41) is 5.00. The zero-order chi connectivity index (χ0) is 27.5. The largest absolute Gasteiger partial charge is 0.422 e. The Kier molecular flexibility index (Phi) is 7.92. The predicted molar refractivity (Wildman–Crippen MR) is 157 cm³/mol. The van der Waals surface area contributed by atoms with E-state index in [4.69, 9.17) is 16.3 Å². The molecule has 1 aromatic heterocycles. The Morgan fingerprint density at radius 2 is 1.69 bits per heavy atom. The van der Waals surface area contributed by atoms with Gasteiger partial charge in [-0.25, -0.2) is 14.6 Å². The smallest absolute Gasteiger partial charge is 0.343 e. The average Bonchev–Trinajstić information content (AvgIpc) is 3.29. The van der Waals surface area contributed by atoms with Crippen LogP contribution in [0, 0.1) is 5.82 Å². The molecule has 0 bridgehead atoms. The molecule has 0 fully saturated rings. The van der Waals surface area contributed by atoms with Crippen molar-refractivity contribution in [2.75, 3.05) is 0 Å². The summed E-state index contributed by atoms with van der Waals surface area (Å²) in [6, 6.07) is 23.0. The van der Waals surface area contributed by atoms with Crippen molar-refractivity contribution in [3.05, 3.63) is 122 Å². The molecule has 39 heavy (non-hydrogen) atoms. The van der Waals surface area contributed by atoms with Gasteiger partial charge in [0.15, 0.2) is 0 Å². The number of aromatic nitrogens is 1. The van der Waals surface area contributed by atoms with Crippen LogP contribution in [0.4, 0.5) is 4.39 Å². The number of hydrogen-bond donors (Lipinski definition) is 2. The molecule has 5 aromatic rings. The van der Waals surface area contributed by atoms with Crippen molar-refractivity contribution in [2.24, 2.45) is 5.10 Å². The third kappa shape index (κ3) is 5.95. The van der Waals surface area contributed by atoms with Crippen LogP contribution in [0.1, 0.15) is 26.4 Å². The summed E-state index contributed by atoms with van der Waals surface area (Å²) in [4.78, 5) is 28.9. The first-order valence-electron chi connectivity index (χ1n) is 11.5. The van der Waals surface area contributed by atoms with Gasteiger partial charge in [-0.1, -0.05) is 61.7 Å². The van der Waals surface area contributed by atoms with Crippen LogP contribution in [0.3, 0.4) is 0 Å². The topological polar surface area (TPSA) is 83.5 Å². The summed E-state index contributed by atoms with van der Waals surface area (Å²) in [6.45, 7) is 0. The number of fused-ring (bicyclic) bond motifs is 1. The van der Waals surface area contributed by atoms with Gasteiger partial charge in [-0.15, -0.1) is 0 Å². The molecule has 194 valence electrons. The number of nitrogens with zero attached hydrogens (tertiary/aromatic N) is 1. The molecule has 10 heteroatoms. The van der Waals surface area contributed by atoms with Crippen LogP contribution in [-0.4, -0.2) is 23.1 Å². The average molecular weight is 670 g/mol. The van der Waals surface area contributed by atoms with Crippen molar-refractivity contribution >= 4 is 72.5 Å². The van der Waals surface area contributed by atoms with Crippen molar-refractivity contribution < 1.29 is 18.7 Å². The van der Waals surface area contributed by atoms with Gasteiger partial charge in [-0.3, -0.25) is 4.79 Å². The van der Waals surface area contributed by atoms with Gasteiger partial charge in [0.1, 0.15) is 17.3 Å². The number of carbonyl (C=O) groups excluding carboxylic acids is 2. The number of aromatic amines is 1. The van der Waals surface area contributed by atoms with Gasteiger partial charge >= 0.3 is 5.97 Å². The Morgan fingerprint density at radius 1 is 0.949 bits per heavy atom. The van der Waals surface area contributed by atoms with E-state index in [2.05, 4.69) is 47.4 Å². The second-order valence-corrected chi connectivity index (χ2v) is 10.6. The van der Waals surface area contributed by atoms with Gasteiger partial charge in [0.05, 0.1) is 11.8 Å². The number of rotatable bonds is 6. The molecule has 1 amide bonds. The SMILES string of the molecule is O=C(Oc1ccc(Br)cc1C=NNC(=O)c1[nH]c2ccc(F)cc2c1-c1ccccc1Cl)c1ccc(Br)cc1. The van der Waals surface area contributed by atoms with E-state index in [-0.39, 0.29) is 11.4 Å². The molecule has 0 aliphatic carbocycles. The third-order valence-corrected chi connectivity index (χ3v) is 7.11. The molecule has 5 rings (SSSR count). The van der Waals surface area contributed by atoms with Crippen molar-refractivity contribution in [2.45, 2.75) is 0 Å². The Labute approximate surface area is 244 Å². The maximum absolute atomic E-state index is 14.1. The molecule has 0 radical (unpaired) electrons. The van der Waals surface area contributed by atoms with Gasteiger partial charge < -0.3 is 9.72 Å². The maximum Gasteiger partial charge on any atom is 0.343 e. The molecule has 0 spiro atoms. The van der Waals surface area contributed by atoms with Crippen LogP contribution in [0.5, 0.6) is 5.75 Å². The summed E-state index contributed by atoms with van der Waals surface area (Å²) in [5.74, 6) is -1.30. The van der Waals surface area contributed by atoms with E-state index in [0.717, 1.165) is 8.95 Å². The van der Waals surface area contributed by atoms with Crippen LogP contribution < -0.4 is 10.2 Å². The molecule has 4 aromatic carbocycles. The summed E-state index contributed by atoms with van der Waals surface area (Å²) in [6.07, 6.45) is 1.37. The minimum atomic E-state index is -0.568. The lowest BCUT2D eigenvalue weighted by Gasteiger charge is -2.09. The summed E-state index contributed by atoms with van der Waals surface area (Å²) in [5.41, 5.74) is 5.06. The Balaban J connectivity index is 1.43. The van der Waals surface area contributed by atoms with Gasteiger partial charge in [0.2, 0.25) is 0 Å². The van der Waals surface area contributed by atoms with E-state index in [1.54, 1.807) is 72.8 Å². The predicted octanol–water partition coefficient (Wildman–Crippen LogP) is 8.14. The van der Waals surface area contributed by atoms with Crippen LogP contribution in [0.15, 0.2) is 99.0 Å². The number of ether oxygens (including phenoxy) is 1. The second kappa shape index (κ2) is 11.5. The highest BCUT2D eigenvalue weighted by Gasteiger charge is 2.21.